The van der Waals surface area contributed by atoms with Gasteiger partial charge in [-0.25, -0.2) is 9.37 Å². The fourth-order valence-corrected chi connectivity index (χ4v) is 2.16. The van der Waals surface area contributed by atoms with Gasteiger partial charge in [0.05, 0.1) is 5.56 Å². The summed E-state index contributed by atoms with van der Waals surface area (Å²) in [7, 11) is 0. The summed E-state index contributed by atoms with van der Waals surface area (Å²) in [6.07, 6.45) is 1.65. The van der Waals surface area contributed by atoms with Crippen molar-refractivity contribution in [3.8, 4) is 0 Å². The van der Waals surface area contributed by atoms with E-state index in [9.17, 15) is 9.18 Å². The Morgan fingerprint density at radius 2 is 2.11 bits per heavy atom. The maximum absolute atomic E-state index is 12.9. The number of nitrogens with zero attached hydrogens (tertiary/aromatic N) is 1. The van der Waals surface area contributed by atoms with E-state index < -0.39 is 5.82 Å². The molecule has 3 nitrogen and oxygen atoms in total. The van der Waals surface area contributed by atoms with Crippen LogP contribution in [0, 0.1) is 9.39 Å². The van der Waals surface area contributed by atoms with Crippen LogP contribution in [0.1, 0.15) is 10.4 Å². The summed E-state index contributed by atoms with van der Waals surface area (Å²) in [6.45, 7) is 0. The quantitative estimate of drug-likeness (QED) is 0.750. The minimum atomic E-state index is -0.397. The van der Waals surface area contributed by atoms with Gasteiger partial charge in [-0.1, -0.05) is 0 Å². The summed E-state index contributed by atoms with van der Waals surface area (Å²) in [5, 5.41) is 2.64. The predicted octanol–water partition coefficient (Wildman–Crippen LogP) is 3.84. The number of halogens is 3. The number of benzene rings is 1. The lowest BCUT2D eigenvalue weighted by Crippen LogP contribution is -2.13. The zero-order valence-electron chi connectivity index (χ0n) is 8.95. The molecule has 0 unspecified atom stereocenters. The van der Waals surface area contributed by atoms with E-state index in [1.807, 2.05) is 6.07 Å². The normalized spacial score (nSPS) is 10.2. The highest BCUT2D eigenvalue weighted by Crippen LogP contribution is 2.19. The van der Waals surface area contributed by atoms with E-state index >= 15 is 0 Å². The molecule has 0 saturated heterocycles. The van der Waals surface area contributed by atoms with Crippen molar-refractivity contribution in [1.82, 2.24) is 4.98 Å². The third-order valence-electron chi connectivity index (χ3n) is 2.14. The summed E-state index contributed by atoms with van der Waals surface area (Å²) < 4.78 is 14.3. The summed E-state index contributed by atoms with van der Waals surface area (Å²) >= 11 is 5.28. The summed E-state index contributed by atoms with van der Waals surface area (Å²) in [5.41, 5.74) is 0.358. The average Bonchev–Trinajstić information content (AvgIpc) is 2.32. The van der Waals surface area contributed by atoms with Crippen molar-refractivity contribution in [3.63, 3.8) is 0 Å². The first kappa shape index (κ1) is 13.4. The highest BCUT2D eigenvalue weighted by atomic mass is 127. The van der Waals surface area contributed by atoms with E-state index in [2.05, 4.69) is 48.8 Å². The Balaban J connectivity index is 2.19. The first-order valence-electron chi connectivity index (χ1n) is 4.94. The van der Waals surface area contributed by atoms with Crippen LogP contribution in [-0.4, -0.2) is 10.9 Å². The SMILES string of the molecule is O=C(Nc1ccc(I)cn1)c1ccc(F)cc1Br. The molecule has 0 aliphatic carbocycles. The molecule has 0 bridgehead atoms. The molecule has 0 aliphatic rings. The van der Waals surface area contributed by atoms with Gasteiger partial charge < -0.3 is 5.32 Å². The van der Waals surface area contributed by atoms with Gasteiger partial charge in [-0.2, -0.15) is 0 Å². The molecule has 1 amide bonds. The van der Waals surface area contributed by atoms with Crippen LogP contribution in [0.5, 0.6) is 0 Å². The Hall–Kier alpha value is -1.02. The van der Waals surface area contributed by atoms with E-state index in [-0.39, 0.29) is 5.91 Å². The number of hydrogen-bond donors (Lipinski definition) is 1. The zero-order valence-corrected chi connectivity index (χ0v) is 12.7. The number of carbonyl (C=O) groups excluding carboxylic acids is 1. The number of carbonyl (C=O) groups is 1. The number of anilines is 1. The molecule has 6 heteroatoms. The minimum absolute atomic E-state index is 0.337. The fraction of sp³-hybridized carbons (Fsp3) is 0. The van der Waals surface area contributed by atoms with Gasteiger partial charge in [-0.15, -0.1) is 0 Å². The first-order chi connectivity index (χ1) is 8.56. The van der Waals surface area contributed by atoms with Gasteiger partial charge >= 0.3 is 0 Å². The lowest BCUT2D eigenvalue weighted by molar-refractivity contribution is 0.102. The van der Waals surface area contributed by atoms with Crippen LogP contribution in [0.15, 0.2) is 41.0 Å². The third kappa shape index (κ3) is 3.26. The van der Waals surface area contributed by atoms with Crippen molar-refractivity contribution in [3.05, 3.63) is 56.0 Å². The first-order valence-corrected chi connectivity index (χ1v) is 6.81. The third-order valence-corrected chi connectivity index (χ3v) is 3.44. The molecule has 0 saturated carbocycles. The summed E-state index contributed by atoms with van der Waals surface area (Å²) in [5.74, 6) is -0.280. The standard InChI is InChI=1S/C12H7BrFIN2O/c13-10-5-7(14)1-3-9(10)12(18)17-11-4-2-8(15)6-16-11/h1-6H,(H,16,17,18). The van der Waals surface area contributed by atoms with Crippen molar-refractivity contribution in [2.45, 2.75) is 0 Å². The maximum Gasteiger partial charge on any atom is 0.257 e. The minimum Gasteiger partial charge on any atom is -0.307 e. The average molecular weight is 421 g/mol. The lowest BCUT2D eigenvalue weighted by atomic mass is 10.2. The van der Waals surface area contributed by atoms with Gasteiger partial charge in [0.25, 0.3) is 5.91 Å². The van der Waals surface area contributed by atoms with Crippen molar-refractivity contribution in [2.24, 2.45) is 0 Å². The molecule has 0 spiro atoms. The number of nitrogens with one attached hydrogen (secondary N) is 1. The van der Waals surface area contributed by atoms with Gasteiger partial charge in [-0.05, 0) is 68.9 Å². The molecule has 1 N–H and O–H groups in total. The van der Waals surface area contributed by atoms with Crippen molar-refractivity contribution < 1.29 is 9.18 Å². The van der Waals surface area contributed by atoms with E-state index in [1.165, 1.54) is 18.2 Å². The van der Waals surface area contributed by atoms with Crippen LogP contribution in [-0.2, 0) is 0 Å². The van der Waals surface area contributed by atoms with E-state index in [4.69, 9.17) is 0 Å². The van der Waals surface area contributed by atoms with Crippen molar-refractivity contribution in [1.29, 1.82) is 0 Å². The van der Waals surface area contributed by atoms with Crippen LogP contribution in [0.25, 0.3) is 0 Å². The number of pyridine rings is 1. The second-order valence-corrected chi connectivity index (χ2v) is 5.54. The largest absolute Gasteiger partial charge is 0.307 e. The molecule has 18 heavy (non-hydrogen) atoms. The zero-order chi connectivity index (χ0) is 13.1. The Bertz CT molecular complexity index is 589. The lowest BCUT2D eigenvalue weighted by Gasteiger charge is -2.06. The number of amides is 1. The Morgan fingerprint density at radius 3 is 2.72 bits per heavy atom. The smallest absolute Gasteiger partial charge is 0.257 e. The van der Waals surface area contributed by atoms with Gasteiger partial charge in [0.15, 0.2) is 0 Å². The van der Waals surface area contributed by atoms with Crippen LogP contribution in [0.2, 0.25) is 0 Å². The number of rotatable bonds is 2. The van der Waals surface area contributed by atoms with Crippen LogP contribution in [0.3, 0.4) is 0 Å². The molecule has 0 atom stereocenters. The van der Waals surface area contributed by atoms with Crippen LogP contribution in [0.4, 0.5) is 10.2 Å². The summed E-state index contributed by atoms with van der Waals surface area (Å²) in [6, 6.07) is 7.44. The second-order valence-electron chi connectivity index (χ2n) is 3.44. The van der Waals surface area contributed by atoms with Crippen molar-refractivity contribution >= 4 is 50.2 Å². The van der Waals surface area contributed by atoms with E-state index in [1.54, 1.807) is 12.3 Å². The molecule has 1 aromatic heterocycles. The Kier molecular flexibility index (Phi) is 4.28. The number of hydrogen-bond acceptors (Lipinski definition) is 2. The highest BCUT2D eigenvalue weighted by molar-refractivity contribution is 14.1. The Labute approximate surface area is 125 Å². The monoisotopic (exact) mass is 420 g/mol. The van der Waals surface area contributed by atoms with E-state index in [0.29, 0.717) is 15.9 Å². The van der Waals surface area contributed by atoms with Gasteiger partial charge in [0, 0.05) is 14.2 Å². The van der Waals surface area contributed by atoms with Crippen LogP contribution < -0.4 is 5.32 Å². The predicted molar refractivity (Wildman–Crippen MR) is 79.0 cm³/mol. The molecule has 0 fully saturated rings. The molecule has 1 aromatic carbocycles. The van der Waals surface area contributed by atoms with Gasteiger partial charge in [0.1, 0.15) is 11.6 Å². The molecule has 0 radical (unpaired) electrons. The van der Waals surface area contributed by atoms with Gasteiger partial charge in [0.2, 0.25) is 0 Å². The maximum atomic E-state index is 12.9. The molecular formula is C12H7BrFIN2O. The van der Waals surface area contributed by atoms with E-state index in [0.717, 1.165) is 3.57 Å². The molecule has 1 heterocycles. The topological polar surface area (TPSA) is 42.0 Å². The summed E-state index contributed by atoms with van der Waals surface area (Å²) in [4.78, 5) is 16.0. The molecular weight excluding hydrogens is 414 g/mol. The highest BCUT2D eigenvalue weighted by Gasteiger charge is 2.11. The molecule has 2 aromatic rings. The molecule has 2 rings (SSSR count). The fourth-order valence-electron chi connectivity index (χ4n) is 1.31. The van der Waals surface area contributed by atoms with Crippen molar-refractivity contribution in [2.75, 3.05) is 5.32 Å². The van der Waals surface area contributed by atoms with Crippen LogP contribution >= 0.6 is 38.5 Å². The molecule has 92 valence electrons. The molecule has 0 aliphatic heterocycles. The number of aromatic nitrogens is 1. The van der Waals surface area contributed by atoms with Gasteiger partial charge in [-0.3, -0.25) is 4.79 Å². The Morgan fingerprint density at radius 1 is 1.33 bits per heavy atom. The second kappa shape index (κ2) is 5.75.